The second-order valence-corrected chi connectivity index (χ2v) is 5.67. The maximum absolute atomic E-state index is 12.0. The van der Waals surface area contributed by atoms with E-state index in [9.17, 15) is 4.79 Å². The topological polar surface area (TPSA) is 62.5 Å². The Balaban J connectivity index is 1.99. The fraction of sp³-hybridized carbons (Fsp3) is 0.385. The lowest BCUT2D eigenvalue weighted by molar-refractivity contribution is -0.127. The molecule has 0 radical (unpaired) electrons. The van der Waals surface area contributed by atoms with E-state index >= 15 is 0 Å². The first-order chi connectivity index (χ1) is 9.16. The molecule has 2 heterocycles. The van der Waals surface area contributed by atoms with Crippen LogP contribution in [0.15, 0.2) is 17.6 Å². The van der Waals surface area contributed by atoms with Crippen LogP contribution in [-0.2, 0) is 4.79 Å². The van der Waals surface area contributed by atoms with Crippen LogP contribution in [0.2, 0.25) is 0 Å². The summed E-state index contributed by atoms with van der Waals surface area (Å²) in [5, 5.41) is 0. The number of nitrogens with zero attached hydrogens (tertiary/aromatic N) is 3. The molecule has 3 rings (SSSR count). The highest BCUT2D eigenvalue weighted by molar-refractivity contribution is 7.16. The number of anilines is 2. The Bertz CT molecular complexity index is 624. The zero-order chi connectivity index (χ0) is 13.4. The number of hydrogen-bond donors (Lipinski definition) is 1. The first-order valence-corrected chi connectivity index (χ1v) is 7.15. The van der Waals surface area contributed by atoms with E-state index in [1.165, 1.54) is 0 Å². The van der Waals surface area contributed by atoms with Gasteiger partial charge < -0.3 is 15.5 Å². The van der Waals surface area contributed by atoms with Gasteiger partial charge in [-0.15, -0.1) is 11.3 Å². The molecule has 0 aliphatic carbocycles. The van der Waals surface area contributed by atoms with Crippen molar-refractivity contribution in [2.24, 2.45) is 0 Å². The van der Waals surface area contributed by atoms with Crippen LogP contribution in [0, 0.1) is 0 Å². The number of carbonyl (C=O) groups is 1. The quantitative estimate of drug-likeness (QED) is 0.803. The van der Waals surface area contributed by atoms with Crippen molar-refractivity contribution in [3.63, 3.8) is 0 Å². The van der Waals surface area contributed by atoms with Crippen LogP contribution in [0.4, 0.5) is 11.4 Å². The van der Waals surface area contributed by atoms with Crippen LogP contribution in [-0.4, -0.2) is 42.5 Å². The summed E-state index contributed by atoms with van der Waals surface area (Å²) in [6, 6.07) is 4.02. The molecular formula is C13H16N4OS. The Kier molecular flexibility index (Phi) is 3.02. The lowest BCUT2D eigenvalue weighted by atomic mass is 10.2. The molecule has 2 aromatic rings. The number of amides is 1. The molecule has 0 saturated carbocycles. The molecule has 1 aromatic heterocycles. The summed E-state index contributed by atoms with van der Waals surface area (Å²) < 4.78 is 1.08. The molecule has 6 heteroatoms. The van der Waals surface area contributed by atoms with E-state index in [0.29, 0.717) is 12.2 Å². The van der Waals surface area contributed by atoms with Crippen LogP contribution >= 0.6 is 11.3 Å². The van der Waals surface area contributed by atoms with Gasteiger partial charge >= 0.3 is 0 Å². The summed E-state index contributed by atoms with van der Waals surface area (Å²) in [6.45, 7) is 2.03. The maximum Gasteiger partial charge on any atom is 0.241 e. The Labute approximate surface area is 115 Å². The van der Waals surface area contributed by atoms with Gasteiger partial charge in [0.1, 0.15) is 5.52 Å². The van der Waals surface area contributed by atoms with Crippen molar-refractivity contribution in [1.82, 2.24) is 9.88 Å². The van der Waals surface area contributed by atoms with Crippen molar-refractivity contribution in [1.29, 1.82) is 0 Å². The van der Waals surface area contributed by atoms with E-state index in [0.717, 1.165) is 35.4 Å². The summed E-state index contributed by atoms with van der Waals surface area (Å²) in [5.74, 6) is 0.135. The van der Waals surface area contributed by atoms with Crippen LogP contribution in [0.3, 0.4) is 0 Å². The van der Waals surface area contributed by atoms with E-state index in [1.807, 2.05) is 19.2 Å². The Morgan fingerprint density at radius 3 is 3.05 bits per heavy atom. The van der Waals surface area contributed by atoms with E-state index in [-0.39, 0.29) is 5.91 Å². The van der Waals surface area contributed by atoms with Gasteiger partial charge in [-0.05, 0) is 18.6 Å². The van der Waals surface area contributed by atoms with Crippen molar-refractivity contribution in [3.05, 3.63) is 17.6 Å². The van der Waals surface area contributed by atoms with Gasteiger partial charge in [0.2, 0.25) is 5.91 Å². The predicted octanol–water partition coefficient (Wildman–Crippen LogP) is 1.55. The molecule has 1 saturated heterocycles. The van der Waals surface area contributed by atoms with Crippen molar-refractivity contribution < 1.29 is 4.79 Å². The summed E-state index contributed by atoms with van der Waals surface area (Å²) in [4.78, 5) is 20.1. The van der Waals surface area contributed by atoms with Gasteiger partial charge in [-0.25, -0.2) is 4.98 Å². The van der Waals surface area contributed by atoms with Crippen LogP contribution in [0.25, 0.3) is 10.2 Å². The van der Waals surface area contributed by atoms with E-state index in [4.69, 9.17) is 5.73 Å². The molecule has 1 aromatic carbocycles. The van der Waals surface area contributed by atoms with Crippen molar-refractivity contribution in [2.45, 2.75) is 6.42 Å². The van der Waals surface area contributed by atoms with E-state index < -0.39 is 0 Å². The van der Waals surface area contributed by atoms with Gasteiger partial charge in [-0.3, -0.25) is 4.79 Å². The Morgan fingerprint density at radius 1 is 1.37 bits per heavy atom. The van der Waals surface area contributed by atoms with Crippen LogP contribution in [0.1, 0.15) is 6.42 Å². The molecule has 2 N–H and O–H groups in total. The second kappa shape index (κ2) is 4.70. The average molecular weight is 276 g/mol. The zero-order valence-corrected chi connectivity index (χ0v) is 11.6. The molecule has 1 aliphatic rings. The minimum Gasteiger partial charge on any atom is -0.395 e. The first-order valence-electron chi connectivity index (χ1n) is 6.27. The molecule has 0 spiro atoms. The third-order valence-corrected chi connectivity index (χ3v) is 4.33. The molecule has 0 unspecified atom stereocenters. The lowest BCUT2D eigenvalue weighted by Gasteiger charge is -2.23. The molecule has 0 bridgehead atoms. The third-order valence-electron chi connectivity index (χ3n) is 3.53. The number of carbonyl (C=O) groups excluding carboxylic acids is 1. The van der Waals surface area contributed by atoms with Gasteiger partial charge in [0.25, 0.3) is 0 Å². The average Bonchev–Trinajstić information content (AvgIpc) is 2.81. The zero-order valence-electron chi connectivity index (χ0n) is 10.8. The molecule has 1 aliphatic heterocycles. The molecular weight excluding hydrogens is 260 g/mol. The highest BCUT2D eigenvalue weighted by Gasteiger charge is 2.21. The number of likely N-dealkylation sites (N-methyl/N-ethyl adjacent to an activating group) is 1. The highest BCUT2D eigenvalue weighted by atomic mass is 32.1. The standard InChI is InChI=1S/C13H16N4OS/c1-16-5-2-6-17(7-11(16)18)9-3-4-10-13(12(9)14)15-8-19-10/h3-4,8H,2,5-7,14H2,1H3. The first kappa shape index (κ1) is 12.2. The number of thiazole rings is 1. The summed E-state index contributed by atoms with van der Waals surface area (Å²) >= 11 is 1.58. The van der Waals surface area contributed by atoms with Crippen molar-refractivity contribution in [3.8, 4) is 0 Å². The predicted molar refractivity (Wildman–Crippen MR) is 78.5 cm³/mol. The monoisotopic (exact) mass is 276 g/mol. The normalized spacial score (nSPS) is 17.0. The number of hydrogen-bond acceptors (Lipinski definition) is 5. The van der Waals surface area contributed by atoms with E-state index in [2.05, 4.69) is 9.88 Å². The minimum absolute atomic E-state index is 0.135. The molecule has 1 fully saturated rings. The highest BCUT2D eigenvalue weighted by Crippen LogP contribution is 2.32. The molecule has 0 atom stereocenters. The largest absolute Gasteiger partial charge is 0.395 e. The summed E-state index contributed by atoms with van der Waals surface area (Å²) in [5.41, 5.74) is 10.4. The summed E-state index contributed by atoms with van der Waals surface area (Å²) in [7, 11) is 1.85. The number of nitrogen functional groups attached to an aromatic ring is 1. The lowest BCUT2D eigenvalue weighted by Crippen LogP contribution is -2.34. The number of fused-ring (bicyclic) bond motifs is 1. The number of rotatable bonds is 1. The van der Waals surface area contributed by atoms with Gasteiger partial charge in [0.05, 0.1) is 28.1 Å². The molecule has 5 nitrogen and oxygen atoms in total. The third kappa shape index (κ3) is 2.12. The SMILES string of the molecule is CN1CCCN(c2ccc3scnc3c2N)CC1=O. The fourth-order valence-corrected chi connectivity index (χ4v) is 3.10. The van der Waals surface area contributed by atoms with Crippen molar-refractivity contribution >= 4 is 38.8 Å². The van der Waals surface area contributed by atoms with Gasteiger partial charge in [0.15, 0.2) is 0 Å². The summed E-state index contributed by atoms with van der Waals surface area (Å²) in [6.07, 6.45) is 0.955. The van der Waals surface area contributed by atoms with Gasteiger partial charge in [-0.1, -0.05) is 0 Å². The Morgan fingerprint density at radius 2 is 2.21 bits per heavy atom. The molecule has 19 heavy (non-hydrogen) atoms. The van der Waals surface area contributed by atoms with Crippen LogP contribution < -0.4 is 10.6 Å². The van der Waals surface area contributed by atoms with Crippen LogP contribution in [0.5, 0.6) is 0 Å². The van der Waals surface area contributed by atoms with E-state index in [1.54, 1.807) is 21.7 Å². The van der Waals surface area contributed by atoms with Gasteiger partial charge in [-0.2, -0.15) is 0 Å². The smallest absolute Gasteiger partial charge is 0.241 e. The van der Waals surface area contributed by atoms with Gasteiger partial charge in [0, 0.05) is 20.1 Å². The second-order valence-electron chi connectivity index (χ2n) is 4.79. The fourth-order valence-electron chi connectivity index (χ4n) is 2.41. The minimum atomic E-state index is 0.135. The number of benzene rings is 1. The van der Waals surface area contributed by atoms with Crippen molar-refractivity contribution in [2.75, 3.05) is 37.3 Å². The number of aromatic nitrogens is 1. The molecule has 1 amide bonds. The number of nitrogens with two attached hydrogens (primary N) is 1. The maximum atomic E-state index is 12.0. The Hall–Kier alpha value is -1.82. The molecule has 100 valence electrons.